The van der Waals surface area contributed by atoms with Gasteiger partial charge in [0.05, 0.1) is 28.2 Å². The highest BCUT2D eigenvalue weighted by atomic mass is 19.4. The number of carbonyl (C=O) groups excluding carboxylic acids is 1. The van der Waals surface area contributed by atoms with Crippen molar-refractivity contribution in [3.05, 3.63) is 75.9 Å². The molecule has 0 radical (unpaired) electrons. The molecule has 0 aliphatic rings. The van der Waals surface area contributed by atoms with Gasteiger partial charge in [0, 0.05) is 17.9 Å². The van der Waals surface area contributed by atoms with Crippen LogP contribution in [0.4, 0.5) is 13.2 Å². The molecular formula is C21H21F3N4O. The van der Waals surface area contributed by atoms with Gasteiger partial charge in [0.25, 0.3) is 5.91 Å². The minimum Gasteiger partial charge on any atom is -0.348 e. The fourth-order valence-corrected chi connectivity index (χ4v) is 3.20. The Morgan fingerprint density at radius 3 is 2.34 bits per heavy atom. The van der Waals surface area contributed by atoms with E-state index in [1.54, 1.807) is 52.0 Å². The van der Waals surface area contributed by atoms with Crippen LogP contribution in [0.3, 0.4) is 0 Å². The average molecular weight is 402 g/mol. The second-order valence-corrected chi connectivity index (χ2v) is 6.95. The lowest BCUT2D eigenvalue weighted by atomic mass is 10.1. The molecule has 0 saturated carbocycles. The van der Waals surface area contributed by atoms with Crippen LogP contribution in [-0.4, -0.2) is 20.7 Å². The summed E-state index contributed by atoms with van der Waals surface area (Å²) >= 11 is 0. The van der Waals surface area contributed by atoms with Crippen molar-refractivity contribution in [2.24, 2.45) is 0 Å². The molecule has 0 atom stereocenters. The molecule has 0 saturated heterocycles. The van der Waals surface area contributed by atoms with Crippen molar-refractivity contribution in [1.82, 2.24) is 20.1 Å². The first-order valence-corrected chi connectivity index (χ1v) is 9.02. The van der Waals surface area contributed by atoms with Gasteiger partial charge in [-0.25, -0.2) is 4.68 Å². The zero-order chi connectivity index (χ0) is 21.3. The van der Waals surface area contributed by atoms with Crippen molar-refractivity contribution in [1.29, 1.82) is 0 Å². The standard InChI is InChI=1S/C21H21F3N4O/c1-12-5-8-18(15(4)26-12)20(29)25-11-16-6-7-17(10-19(16)21(22,23)24)28-14(3)9-13(2)27-28/h5-10H,11H2,1-4H3,(H,25,29). The number of amides is 1. The van der Waals surface area contributed by atoms with Gasteiger partial charge in [-0.15, -0.1) is 0 Å². The van der Waals surface area contributed by atoms with E-state index in [4.69, 9.17) is 0 Å². The number of nitrogens with zero attached hydrogens (tertiary/aromatic N) is 3. The maximum absolute atomic E-state index is 13.7. The third-order valence-corrected chi connectivity index (χ3v) is 4.56. The van der Waals surface area contributed by atoms with Crippen LogP contribution in [0.25, 0.3) is 5.69 Å². The Bertz CT molecular complexity index is 1070. The predicted octanol–water partition coefficient (Wildman–Crippen LogP) is 4.45. The highest BCUT2D eigenvalue weighted by Gasteiger charge is 2.34. The molecule has 29 heavy (non-hydrogen) atoms. The maximum Gasteiger partial charge on any atom is 0.416 e. The van der Waals surface area contributed by atoms with E-state index in [1.807, 2.05) is 0 Å². The van der Waals surface area contributed by atoms with Gasteiger partial charge in [-0.05, 0) is 63.6 Å². The summed E-state index contributed by atoms with van der Waals surface area (Å²) in [6.07, 6.45) is -4.56. The fourth-order valence-electron chi connectivity index (χ4n) is 3.20. The molecule has 0 spiro atoms. The number of hydrogen-bond donors (Lipinski definition) is 1. The highest BCUT2D eigenvalue weighted by Crippen LogP contribution is 2.33. The molecule has 8 heteroatoms. The Balaban J connectivity index is 1.89. The van der Waals surface area contributed by atoms with Crippen LogP contribution in [-0.2, 0) is 12.7 Å². The number of hydrogen-bond acceptors (Lipinski definition) is 3. The van der Waals surface area contributed by atoms with Gasteiger partial charge in [0.2, 0.25) is 0 Å². The van der Waals surface area contributed by atoms with Crippen LogP contribution in [0.2, 0.25) is 0 Å². The van der Waals surface area contributed by atoms with E-state index < -0.39 is 17.6 Å². The largest absolute Gasteiger partial charge is 0.416 e. The lowest BCUT2D eigenvalue weighted by Gasteiger charge is -2.16. The number of aryl methyl sites for hydroxylation is 4. The summed E-state index contributed by atoms with van der Waals surface area (Å²) in [6, 6.07) is 9.08. The van der Waals surface area contributed by atoms with Gasteiger partial charge >= 0.3 is 6.18 Å². The molecule has 152 valence electrons. The lowest BCUT2D eigenvalue weighted by Crippen LogP contribution is -2.25. The number of benzene rings is 1. The van der Waals surface area contributed by atoms with Crippen LogP contribution in [0.1, 0.15) is 44.3 Å². The maximum atomic E-state index is 13.7. The van der Waals surface area contributed by atoms with Crippen LogP contribution >= 0.6 is 0 Å². The number of carbonyl (C=O) groups is 1. The zero-order valence-corrected chi connectivity index (χ0v) is 16.6. The van der Waals surface area contributed by atoms with E-state index in [9.17, 15) is 18.0 Å². The van der Waals surface area contributed by atoms with E-state index in [2.05, 4.69) is 15.4 Å². The van der Waals surface area contributed by atoms with Gasteiger partial charge in [0.15, 0.2) is 0 Å². The van der Waals surface area contributed by atoms with Crippen LogP contribution < -0.4 is 5.32 Å². The van der Waals surface area contributed by atoms with E-state index in [-0.39, 0.29) is 12.1 Å². The predicted molar refractivity (Wildman–Crippen MR) is 103 cm³/mol. The number of rotatable bonds is 4. The summed E-state index contributed by atoms with van der Waals surface area (Å²) in [5, 5.41) is 6.80. The second-order valence-electron chi connectivity index (χ2n) is 6.95. The molecule has 0 aliphatic heterocycles. The summed E-state index contributed by atoms with van der Waals surface area (Å²) in [5.74, 6) is -0.467. The smallest absolute Gasteiger partial charge is 0.348 e. The molecular weight excluding hydrogens is 381 g/mol. The molecule has 3 aromatic rings. The van der Waals surface area contributed by atoms with Gasteiger partial charge in [0.1, 0.15) is 0 Å². The Hall–Kier alpha value is -3.16. The third kappa shape index (κ3) is 4.47. The number of pyridine rings is 1. The number of aromatic nitrogens is 3. The number of nitrogens with one attached hydrogen (secondary N) is 1. The van der Waals surface area contributed by atoms with Gasteiger partial charge in [-0.2, -0.15) is 18.3 Å². The van der Waals surface area contributed by atoms with Crippen LogP contribution in [0, 0.1) is 27.7 Å². The molecule has 2 aromatic heterocycles. The SMILES string of the molecule is Cc1ccc(C(=O)NCc2ccc(-n3nc(C)cc3C)cc2C(F)(F)F)c(C)n1. The summed E-state index contributed by atoms with van der Waals surface area (Å²) in [4.78, 5) is 16.6. The van der Waals surface area contributed by atoms with Crippen LogP contribution in [0.15, 0.2) is 36.4 Å². The Morgan fingerprint density at radius 1 is 1.03 bits per heavy atom. The molecule has 5 nitrogen and oxygen atoms in total. The summed E-state index contributed by atoms with van der Waals surface area (Å²) in [6.45, 7) is 6.79. The van der Waals surface area contributed by atoms with Crippen molar-refractivity contribution in [2.45, 2.75) is 40.4 Å². The molecule has 1 amide bonds. The van der Waals surface area contributed by atoms with Crippen molar-refractivity contribution in [3.8, 4) is 5.69 Å². The molecule has 1 aromatic carbocycles. The quantitative estimate of drug-likeness (QED) is 0.701. The summed E-state index contributed by atoms with van der Waals surface area (Å²) < 4.78 is 42.4. The first kappa shape index (κ1) is 20.6. The third-order valence-electron chi connectivity index (χ3n) is 4.56. The van der Waals surface area contributed by atoms with Gasteiger partial charge in [-0.1, -0.05) is 6.07 Å². The number of halogens is 3. The van der Waals surface area contributed by atoms with Crippen molar-refractivity contribution >= 4 is 5.91 Å². The molecule has 0 fully saturated rings. The van der Waals surface area contributed by atoms with Crippen molar-refractivity contribution in [3.63, 3.8) is 0 Å². The zero-order valence-electron chi connectivity index (χ0n) is 16.6. The normalized spacial score (nSPS) is 11.6. The van der Waals surface area contributed by atoms with Crippen molar-refractivity contribution in [2.75, 3.05) is 0 Å². The van der Waals surface area contributed by atoms with E-state index in [0.717, 1.165) is 23.1 Å². The van der Waals surface area contributed by atoms with Gasteiger partial charge in [-0.3, -0.25) is 9.78 Å². The Labute approximate surface area is 166 Å². The summed E-state index contributed by atoms with van der Waals surface area (Å²) in [7, 11) is 0. The molecule has 1 N–H and O–H groups in total. The lowest BCUT2D eigenvalue weighted by molar-refractivity contribution is -0.138. The summed E-state index contributed by atoms with van der Waals surface area (Å²) in [5.41, 5.74) is 2.57. The molecule has 0 unspecified atom stereocenters. The number of alkyl halides is 3. The van der Waals surface area contributed by atoms with Crippen LogP contribution in [0.5, 0.6) is 0 Å². The minimum atomic E-state index is -4.56. The highest BCUT2D eigenvalue weighted by molar-refractivity contribution is 5.95. The van der Waals surface area contributed by atoms with Gasteiger partial charge < -0.3 is 5.32 Å². The molecule has 2 heterocycles. The van der Waals surface area contributed by atoms with E-state index in [1.165, 1.54) is 10.7 Å². The average Bonchev–Trinajstić information content (AvgIpc) is 2.97. The molecule has 0 aliphatic carbocycles. The van der Waals surface area contributed by atoms with E-state index in [0.29, 0.717) is 16.9 Å². The van der Waals surface area contributed by atoms with Crippen molar-refractivity contribution < 1.29 is 18.0 Å². The second kappa shape index (κ2) is 7.69. The Kier molecular flexibility index (Phi) is 5.46. The molecule has 0 bridgehead atoms. The first-order chi connectivity index (χ1) is 13.6. The first-order valence-electron chi connectivity index (χ1n) is 9.02. The van der Waals surface area contributed by atoms with E-state index >= 15 is 0 Å². The topological polar surface area (TPSA) is 59.8 Å². The minimum absolute atomic E-state index is 0.0196. The monoisotopic (exact) mass is 402 g/mol. The Morgan fingerprint density at radius 2 is 1.76 bits per heavy atom. The fraction of sp³-hybridized carbons (Fsp3) is 0.286. The molecule has 3 rings (SSSR count).